The average molecular weight is 974 g/mol. The van der Waals surface area contributed by atoms with E-state index in [2.05, 4.69) is 118 Å². The first-order valence-corrected chi connectivity index (χ1v) is 29.3. The maximum atomic E-state index is 12.9. The Labute approximate surface area is 432 Å². The molecule has 0 aliphatic carbocycles. The molecule has 1 atom stereocenters. The Morgan fingerprint density at radius 3 is 0.943 bits per heavy atom. The zero-order chi connectivity index (χ0) is 50.7. The average Bonchev–Trinajstić information content (AvgIpc) is 3.36. The lowest BCUT2D eigenvalue weighted by Crippen LogP contribution is -2.30. The molecule has 0 aliphatic heterocycles. The fourth-order valence-corrected chi connectivity index (χ4v) is 8.04. The highest BCUT2D eigenvalue weighted by atomic mass is 16.6. The molecule has 1 unspecified atom stereocenters. The van der Waals surface area contributed by atoms with E-state index in [4.69, 9.17) is 14.2 Å². The lowest BCUT2D eigenvalue weighted by molar-refractivity contribution is -0.167. The van der Waals surface area contributed by atoms with Crippen LogP contribution < -0.4 is 0 Å². The van der Waals surface area contributed by atoms with E-state index in [9.17, 15) is 14.4 Å². The number of unbranched alkanes of at least 4 members (excludes halogenated alkanes) is 30. The predicted molar refractivity (Wildman–Crippen MR) is 302 cm³/mol. The Balaban J connectivity index is 4.45. The molecule has 0 aromatic rings. The van der Waals surface area contributed by atoms with E-state index in [1.807, 2.05) is 0 Å². The monoisotopic (exact) mass is 973 g/mol. The molecule has 0 radical (unpaired) electrons. The Morgan fingerprint density at radius 2 is 0.571 bits per heavy atom. The van der Waals surface area contributed by atoms with Gasteiger partial charge in [-0.1, -0.05) is 259 Å². The second kappa shape index (κ2) is 57.9. The lowest BCUT2D eigenvalue weighted by Gasteiger charge is -2.18. The van der Waals surface area contributed by atoms with Crippen molar-refractivity contribution in [3.63, 3.8) is 0 Å². The van der Waals surface area contributed by atoms with Crippen LogP contribution in [0.4, 0.5) is 0 Å². The molecule has 0 amide bonds. The van der Waals surface area contributed by atoms with Crippen LogP contribution in [0.25, 0.3) is 0 Å². The van der Waals surface area contributed by atoms with Gasteiger partial charge in [0.25, 0.3) is 0 Å². The van der Waals surface area contributed by atoms with Crippen molar-refractivity contribution in [1.82, 2.24) is 0 Å². The summed E-state index contributed by atoms with van der Waals surface area (Å²) < 4.78 is 16.9. The van der Waals surface area contributed by atoms with E-state index in [-0.39, 0.29) is 31.1 Å². The van der Waals surface area contributed by atoms with Gasteiger partial charge in [-0.05, 0) is 89.9 Å². The summed E-state index contributed by atoms with van der Waals surface area (Å²) >= 11 is 0. The zero-order valence-corrected chi connectivity index (χ0v) is 45.8. The molecule has 0 aromatic carbocycles. The van der Waals surface area contributed by atoms with Crippen LogP contribution in [0.2, 0.25) is 0 Å². The molecule has 6 heteroatoms. The first kappa shape index (κ1) is 66.3. The topological polar surface area (TPSA) is 78.9 Å². The molecule has 6 nitrogen and oxygen atoms in total. The van der Waals surface area contributed by atoms with Gasteiger partial charge in [0.1, 0.15) is 13.2 Å². The molecule has 0 bridgehead atoms. The molecule has 0 fully saturated rings. The van der Waals surface area contributed by atoms with E-state index < -0.39 is 6.10 Å². The second-order valence-electron chi connectivity index (χ2n) is 19.3. The van der Waals surface area contributed by atoms with Gasteiger partial charge in [-0.15, -0.1) is 0 Å². The lowest BCUT2D eigenvalue weighted by atomic mass is 10.1. The molecule has 0 N–H and O–H groups in total. The van der Waals surface area contributed by atoms with E-state index in [0.29, 0.717) is 19.3 Å². The van der Waals surface area contributed by atoms with Gasteiger partial charge < -0.3 is 14.2 Å². The van der Waals surface area contributed by atoms with Crippen molar-refractivity contribution in [2.45, 2.75) is 277 Å². The summed E-state index contributed by atoms with van der Waals surface area (Å²) in [5.41, 5.74) is 0. The maximum absolute atomic E-state index is 12.9. The fraction of sp³-hybridized carbons (Fsp3) is 0.703. The molecular formula is C64H108O6. The predicted octanol–water partition coefficient (Wildman–Crippen LogP) is 19.7. The largest absolute Gasteiger partial charge is 0.462 e. The molecule has 0 saturated carbocycles. The van der Waals surface area contributed by atoms with Gasteiger partial charge in [0.2, 0.25) is 0 Å². The SMILES string of the molecule is CC\C=C/C=C\C=C/CCCCCCCCCC(=O)OCC(COC(=O)CCCCCCCCC/C=C\CCCCCCCCCC)OC(=O)CCCCCCC\C=C/C=C\C=C/C=C\CCCCC. The fourth-order valence-electron chi connectivity index (χ4n) is 8.04. The highest BCUT2D eigenvalue weighted by Gasteiger charge is 2.19. The van der Waals surface area contributed by atoms with Gasteiger partial charge in [-0.25, -0.2) is 0 Å². The first-order chi connectivity index (χ1) is 34.5. The van der Waals surface area contributed by atoms with Gasteiger partial charge in [-0.3, -0.25) is 14.4 Å². The summed E-state index contributed by atoms with van der Waals surface area (Å²) in [5, 5.41) is 0. The number of carbonyl (C=O) groups excluding carboxylic acids is 3. The zero-order valence-electron chi connectivity index (χ0n) is 45.8. The van der Waals surface area contributed by atoms with Crippen molar-refractivity contribution in [3.05, 3.63) is 97.2 Å². The number of hydrogen-bond donors (Lipinski definition) is 0. The Morgan fingerprint density at radius 1 is 0.300 bits per heavy atom. The Hall–Kier alpha value is -3.67. The van der Waals surface area contributed by atoms with Gasteiger partial charge in [0.15, 0.2) is 6.10 Å². The van der Waals surface area contributed by atoms with Crippen LogP contribution in [0, 0.1) is 0 Å². The molecule has 0 aliphatic rings. The number of allylic oxidation sites excluding steroid dienone is 16. The molecule has 0 saturated heterocycles. The molecule has 0 spiro atoms. The van der Waals surface area contributed by atoms with Crippen LogP contribution in [-0.2, 0) is 28.6 Å². The standard InChI is InChI=1S/C64H108O6/c1-4-7-10-13-16-19-22-25-28-30-32-34-36-39-42-45-48-51-54-57-63(66)69-60-61(59-68-62(65)56-53-50-47-44-41-38-35-27-24-21-18-15-12-9-6-3)70-64(67)58-55-52-49-46-43-40-37-33-31-29-26-23-20-17-14-11-8-5-2/h9,12,15,17-18,20-21,23-24,26,29-33,37,61H,4-8,10-11,13-14,16,19,22,25,27-28,34-36,38-60H2,1-3H3/b12-9-,18-15-,20-17-,24-21-,26-23-,31-29-,32-30-,37-33-. The summed E-state index contributed by atoms with van der Waals surface area (Å²) in [5.74, 6) is -0.929. The molecule has 70 heavy (non-hydrogen) atoms. The normalized spacial score (nSPS) is 12.8. The maximum Gasteiger partial charge on any atom is 0.306 e. The molecule has 0 rings (SSSR count). The number of hydrogen-bond acceptors (Lipinski definition) is 6. The third kappa shape index (κ3) is 55.3. The molecule has 0 heterocycles. The van der Waals surface area contributed by atoms with Crippen molar-refractivity contribution in [2.24, 2.45) is 0 Å². The minimum atomic E-state index is -0.799. The summed E-state index contributed by atoms with van der Waals surface area (Å²) in [7, 11) is 0. The van der Waals surface area contributed by atoms with Gasteiger partial charge in [0.05, 0.1) is 0 Å². The van der Waals surface area contributed by atoms with Crippen LogP contribution in [0.5, 0.6) is 0 Å². The van der Waals surface area contributed by atoms with Crippen molar-refractivity contribution >= 4 is 17.9 Å². The summed E-state index contributed by atoms with van der Waals surface area (Å²) in [6.07, 6.45) is 76.8. The van der Waals surface area contributed by atoms with Crippen LogP contribution in [-0.4, -0.2) is 37.2 Å². The van der Waals surface area contributed by atoms with E-state index >= 15 is 0 Å². The van der Waals surface area contributed by atoms with Gasteiger partial charge >= 0.3 is 17.9 Å². The van der Waals surface area contributed by atoms with Crippen LogP contribution in [0.15, 0.2) is 97.2 Å². The van der Waals surface area contributed by atoms with E-state index in [1.54, 1.807) is 0 Å². The van der Waals surface area contributed by atoms with Gasteiger partial charge in [0, 0.05) is 19.3 Å². The highest BCUT2D eigenvalue weighted by molar-refractivity contribution is 5.71. The number of carbonyl (C=O) groups is 3. The quantitative estimate of drug-likeness (QED) is 0.0199. The smallest absolute Gasteiger partial charge is 0.306 e. The summed E-state index contributed by atoms with van der Waals surface area (Å²) in [4.78, 5) is 38.2. The highest BCUT2D eigenvalue weighted by Crippen LogP contribution is 2.15. The Kier molecular flexibility index (Phi) is 54.9. The number of rotatable bonds is 52. The van der Waals surface area contributed by atoms with E-state index in [0.717, 1.165) is 96.3 Å². The van der Waals surface area contributed by atoms with Crippen LogP contribution in [0.1, 0.15) is 271 Å². The van der Waals surface area contributed by atoms with Gasteiger partial charge in [-0.2, -0.15) is 0 Å². The minimum Gasteiger partial charge on any atom is -0.462 e. The number of ether oxygens (including phenoxy) is 3. The molecule has 400 valence electrons. The summed E-state index contributed by atoms with van der Waals surface area (Å²) in [6.45, 7) is 6.45. The van der Waals surface area contributed by atoms with Crippen molar-refractivity contribution in [3.8, 4) is 0 Å². The summed E-state index contributed by atoms with van der Waals surface area (Å²) in [6, 6.07) is 0. The van der Waals surface area contributed by atoms with Crippen molar-refractivity contribution in [1.29, 1.82) is 0 Å². The third-order valence-electron chi connectivity index (χ3n) is 12.4. The minimum absolute atomic E-state index is 0.0939. The van der Waals surface area contributed by atoms with Crippen LogP contribution >= 0.6 is 0 Å². The van der Waals surface area contributed by atoms with Crippen molar-refractivity contribution in [2.75, 3.05) is 13.2 Å². The Bertz CT molecular complexity index is 1400. The third-order valence-corrected chi connectivity index (χ3v) is 12.4. The van der Waals surface area contributed by atoms with Crippen molar-refractivity contribution < 1.29 is 28.6 Å². The van der Waals surface area contributed by atoms with Crippen LogP contribution in [0.3, 0.4) is 0 Å². The van der Waals surface area contributed by atoms with E-state index in [1.165, 1.54) is 135 Å². The second-order valence-corrected chi connectivity index (χ2v) is 19.3. The molecular weight excluding hydrogens is 865 g/mol. The first-order valence-electron chi connectivity index (χ1n) is 29.3. The molecule has 0 aromatic heterocycles. The number of esters is 3.